The van der Waals surface area contributed by atoms with Crippen molar-refractivity contribution in [2.24, 2.45) is 0 Å². The molecule has 1 saturated heterocycles. The summed E-state index contributed by atoms with van der Waals surface area (Å²) in [7, 11) is 0. The first-order valence-electron chi connectivity index (χ1n) is 8.67. The monoisotopic (exact) mass is 387 g/mol. The van der Waals surface area contributed by atoms with Gasteiger partial charge in [-0.1, -0.05) is 6.07 Å². The summed E-state index contributed by atoms with van der Waals surface area (Å²) in [5.41, 5.74) is -1.34. The van der Waals surface area contributed by atoms with Gasteiger partial charge in [0.15, 0.2) is 0 Å². The second-order valence-corrected chi connectivity index (χ2v) is 7.42. The fraction of sp³-hybridized carbons (Fsp3) is 0.556. The molecule has 150 valence electrons. The third kappa shape index (κ3) is 6.65. The van der Waals surface area contributed by atoms with Crippen molar-refractivity contribution in [1.29, 1.82) is 0 Å². The minimum atomic E-state index is -4.47. The lowest BCUT2D eigenvalue weighted by atomic mass is 10.1. The maximum Gasteiger partial charge on any atom is 0.416 e. The van der Waals surface area contributed by atoms with Crippen molar-refractivity contribution < 1.29 is 27.5 Å². The summed E-state index contributed by atoms with van der Waals surface area (Å²) >= 11 is 0. The number of nitrogens with one attached hydrogen (secondary N) is 2. The second kappa shape index (κ2) is 8.06. The van der Waals surface area contributed by atoms with Crippen molar-refractivity contribution >= 4 is 17.8 Å². The number of hydrogen-bond donors (Lipinski definition) is 2. The van der Waals surface area contributed by atoms with Gasteiger partial charge >= 0.3 is 18.3 Å². The van der Waals surface area contributed by atoms with Gasteiger partial charge in [-0.15, -0.1) is 0 Å². The van der Waals surface area contributed by atoms with Crippen LogP contribution in [-0.4, -0.2) is 41.8 Å². The minimum absolute atomic E-state index is 0.0634. The van der Waals surface area contributed by atoms with E-state index in [9.17, 15) is 22.8 Å². The van der Waals surface area contributed by atoms with Gasteiger partial charge in [0, 0.05) is 24.8 Å². The number of urea groups is 1. The molecule has 0 saturated carbocycles. The number of amides is 3. The molecule has 0 radical (unpaired) electrons. The van der Waals surface area contributed by atoms with Gasteiger partial charge in [0.1, 0.15) is 5.60 Å². The molecule has 9 heteroatoms. The molecule has 3 amide bonds. The number of alkyl halides is 3. The minimum Gasteiger partial charge on any atom is -0.444 e. The number of rotatable bonds is 2. The predicted octanol–water partition coefficient (Wildman–Crippen LogP) is 4.23. The second-order valence-electron chi connectivity index (χ2n) is 7.42. The fourth-order valence-electron chi connectivity index (χ4n) is 2.66. The van der Waals surface area contributed by atoms with Crippen LogP contribution >= 0.6 is 0 Å². The standard InChI is InChI=1S/C18H24F3N3O3/c1-17(2,3)27-16(26)24-9-7-13(8-10-24)22-15(25)23-14-6-4-5-12(11-14)18(19,20)21/h4-6,11,13H,7-10H2,1-3H3,(H2,22,23,25). The van der Waals surface area contributed by atoms with E-state index in [1.54, 1.807) is 25.7 Å². The molecule has 27 heavy (non-hydrogen) atoms. The smallest absolute Gasteiger partial charge is 0.416 e. The molecular weight excluding hydrogens is 363 g/mol. The molecule has 0 unspecified atom stereocenters. The van der Waals surface area contributed by atoms with Crippen molar-refractivity contribution in [3.8, 4) is 0 Å². The fourth-order valence-corrected chi connectivity index (χ4v) is 2.66. The lowest BCUT2D eigenvalue weighted by Crippen LogP contribution is -2.48. The summed E-state index contributed by atoms with van der Waals surface area (Å²) < 4.78 is 43.4. The summed E-state index contributed by atoms with van der Waals surface area (Å²) in [6, 6.07) is 3.69. The molecule has 0 bridgehead atoms. The number of hydrogen-bond acceptors (Lipinski definition) is 3. The highest BCUT2D eigenvalue weighted by Crippen LogP contribution is 2.30. The number of ether oxygens (including phenoxy) is 1. The molecule has 6 nitrogen and oxygen atoms in total. The number of benzene rings is 1. The normalized spacial score (nSPS) is 16.0. The van der Waals surface area contributed by atoms with Gasteiger partial charge in [-0.05, 0) is 51.8 Å². The van der Waals surface area contributed by atoms with Gasteiger partial charge in [-0.25, -0.2) is 9.59 Å². The Kier molecular flexibility index (Phi) is 6.22. The summed E-state index contributed by atoms with van der Waals surface area (Å²) in [4.78, 5) is 25.6. The number of halogens is 3. The molecule has 1 fully saturated rings. The van der Waals surface area contributed by atoms with E-state index in [2.05, 4.69) is 10.6 Å². The highest BCUT2D eigenvalue weighted by atomic mass is 19.4. The average molecular weight is 387 g/mol. The highest BCUT2D eigenvalue weighted by molar-refractivity contribution is 5.89. The number of piperidine rings is 1. The molecule has 1 aliphatic heterocycles. The SMILES string of the molecule is CC(C)(C)OC(=O)N1CCC(NC(=O)Nc2cccc(C(F)(F)F)c2)CC1. The van der Waals surface area contributed by atoms with Crippen molar-refractivity contribution in [2.45, 2.75) is 51.4 Å². The zero-order valence-corrected chi connectivity index (χ0v) is 15.5. The van der Waals surface area contributed by atoms with Crippen LogP contribution in [0.2, 0.25) is 0 Å². The van der Waals surface area contributed by atoms with E-state index in [0.29, 0.717) is 25.9 Å². The Morgan fingerprint density at radius 3 is 2.33 bits per heavy atom. The summed E-state index contributed by atoms with van der Waals surface area (Å²) in [5.74, 6) is 0. The Hall–Kier alpha value is -2.45. The van der Waals surface area contributed by atoms with E-state index in [0.717, 1.165) is 12.1 Å². The first-order chi connectivity index (χ1) is 12.4. The Balaban J connectivity index is 1.82. The van der Waals surface area contributed by atoms with Gasteiger partial charge < -0.3 is 20.3 Å². The number of carbonyl (C=O) groups excluding carboxylic acids is 2. The maximum atomic E-state index is 12.7. The van der Waals surface area contributed by atoms with Crippen molar-refractivity contribution in [3.05, 3.63) is 29.8 Å². The van der Waals surface area contributed by atoms with Crippen LogP contribution in [-0.2, 0) is 10.9 Å². The molecule has 0 aliphatic carbocycles. The molecule has 1 aromatic carbocycles. The van der Waals surface area contributed by atoms with E-state index in [-0.39, 0.29) is 11.7 Å². The number of anilines is 1. The van der Waals surface area contributed by atoms with Crippen molar-refractivity contribution in [3.63, 3.8) is 0 Å². The van der Waals surface area contributed by atoms with E-state index < -0.39 is 29.5 Å². The van der Waals surface area contributed by atoms with Crippen LogP contribution in [0.4, 0.5) is 28.4 Å². The Morgan fingerprint density at radius 1 is 1.15 bits per heavy atom. The summed E-state index contributed by atoms with van der Waals surface area (Å²) in [6.45, 7) is 6.23. The Bertz CT molecular complexity index is 678. The number of nitrogens with zero attached hydrogens (tertiary/aromatic N) is 1. The van der Waals surface area contributed by atoms with Crippen LogP contribution in [0, 0.1) is 0 Å². The van der Waals surface area contributed by atoms with Gasteiger partial charge in [0.05, 0.1) is 5.56 Å². The van der Waals surface area contributed by atoms with E-state index in [4.69, 9.17) is 4.74 Å². The Labute approximate surface area is 156 Å². The molecule has 0 spiro atoms. The summed E-state index contributed by atoms with van der Waals surface area (Å²) in [5, 5.41) is 5.13. The zero-order chi connectivity index (χ0) is 20.2. The van der Waals surface area contributed by atoms with E-state index in [1.807, 2.05) is 0 Å². The largest absolute Gasteiger partial charge is 0.444 e. The average Bonchev–Trinajstić information content (AvgIpc) is 2.53. The molecule has 1 aromatic rings. The quantitative estimate of drug-likeness (QED) is 0.798. The molecule has 2 rings (SSSR count). The number of carbonyl (C=O) groups is 2. The van der Waals surface area contributed by atoms with Crippen LogP contribution in [0.25, 0.3) is 0 Å². The van der Waals surface area contributed by atoms with Gasteiger partial charge in [0.25, 0.3) is 0 Å². The predicted molar refractivity (Wildman–Crippen MR) is 94.4 cm³/mol. The third-order valence-corrected chi connectivity index (χ3v) is 3.93. The third-order valence-electron chi connectivity index (χ3n) is 3.93. The molecular formula is C18H24F3N3O3. The molecule has 2 N–H and O–H groups in total. The van der Waals surface area contributed by atoms with Crippen LogP contribution in [0.15, 0.2) is 24.3 Å². The maximum absolute atomic E-state index is 12.7. The van der Waals surface area contributed by atoms with Crippen molar-refractivity contribution in [1.82, 2.24) is 10.2 Å². The molecule has 0 atom stereocenters. The van der Waals surface area contributed by atoms with Crippen LogP contribution in [0.1, 0.15) is 39.2 Å². The van der Waals surface area contributed by atoms with Gasteiger partial charge in [-0.2, -0.15) is 13.2 Å². The van der Waals surface area contributed by atoms with E-state index in [1.165, 1.54) is 12.1 Å². The van der Waals surface area contributed by atoms with Gasteiger partial charge in [-0.3, -0.25) is 0 Å². The first-order valence-corrected chi connectivity index (χ1v) is 8.67. The van der Waals surface area contributed by atoms with E-state index >= 15 is 0 Å². The van der Waals surface area contributed by atoms with Crippen LogP contribution < -0.4 is 10.6 Å². The first kappa shape index (κ1) is 20.9. The van der Waals surface area contributed by atoms with Crippen LogP contribution in [0.5, 0.6) is 0 Å². The zero-order valence-electron chi connectivity index (χ0n) is 15.5. The van der Waals surface area contributed by atoms with Crippen molar-refractivity contribution in [2.75, 3.05) is 18.4 Å². The Morgan fingerprint density at radius 2 is 1.78 bits per heavy atom. The van der Waals surface area contributed by atoms with Crippen LogP contribution in [0.3, 0.4) is 0 Å². The molecule has 0 aromatic heterocycles. The topological polar surface area (TPSA) is 70.7 Å². The summed E-state index contributed by atoms with van der Waals surface area (Å²) in [6.07, 6.45) is -3.79. The molecule has 1 heterocycles. The lowest BCUT2D eigenvalue weighted by molar-refractivity contribution is -0.137. The molecule has 1 aliphatic rings. The lowest BCUT2D eigenvalue weighted by Gasteiger charge is -2.33. The van der Waals surface area contributed by atoms with Gasteiger partial charge in [0.2, 0.25) is 0 Å². The number of likely N-dealkylation sites (tertiary alicyclic amines) is 1. The highest BCUT2D eigenvalue weighted by Gasteiger charge is 2.31.